The van der Waals surface area contributed by atoms with Crippen LogP contribution in [0.25, 0.3) is 16.8 Å². The number of nitrogens with one attached hydrogen (secondary N) is 1. The smallest absolute Gasteiger partial charge is 0.316 e. The van der Waals surface area contributed by atoms with E-state index in [1.54, 1.807) is 12.1 Å². The van der Waals surface area contributed by atoms with Crippen LogP contribution >= 0.6 is 0 Å². The maximum atomic E-state index is 12.0. The van der Waals surface area contributed by atoms with Crippen molar-refractivity contribution in [2.24, 2.45) is 11.5 Å². The summed E-state index contributed by atoms with van der Waals surface area (Å²) < 4.78 is 1.45. The van der Waals surface area contributed by atoms with E-state index in [2.05, 4.69) is 10.4 Å². The van der Waals surface area contributed by atoms with Crippen molar-refractivity contribution in [1.29, 1.82) is 0 Å². The molecule has 142 valence electrons. The van der Waals surface area contributed by atoms with Crippen LogP contribution < -0.4 is 16.8 Å². The monoisotopic (exact) mass is 377 g/mol. The maximum absolute atomic E-state index is 12.0. The summed E-state index contributed by atoms with van der Waals surface area (Å²) in [4.78, 5) is 35.2. The number of ketones is 2. The zero-order valence-electron chi connectivity index (χ0n) is 15.2. The molecule has 3 aromatic rings. The zero-order valence-corrected chi connectivity index (χ0v) is 15.2. The van der Waals surface area contributed by atoms with Gasteiger partial charge in [-0.05, 0) is 30.2 Å². The summed E-state index contributed by atoms with van der Waals surface area (Å²) >= 11 is 0. The van der Waals surface area contributed by atoms with Gasteiger partial charge in [0, 0.05) is 5.56 Å². The number of carbonyl (C=O) groups excluding carboxylic acids is 3. The zero-order chi connectivity index (χ0) is 20.3. The van der Waals surface area contributed by atoms with E-state index in [1.807, 2.05) is 36.4 Å². The summed E-state index contributed by atoms with van der Waals surface area (Å²) in [6, 6.07) is 13.8. The number of amides is 2. The van der Waals surface area contributed by atoms with Crippen molar-refractivity contribution in [3.8, 4) is 16.8 Å². The molecular weight excluding hydrogens is 358 g/mol. The molecule has 0 fully saturated rings. The van der Waals surface area contributed by atoms with Gasteiger partial charge in [0.1, 0.15) is 0 Å². The summed E-state index contributed by atoms with van der Waals surface area (Å²) in [6.45, 7) is 1.26. The summed E-state index contributed by atoms with van der Waals surface area (Å²) in [5, 5.41) is 6.63. The van der Waals surface area contributed by atoms with Gasteiger partial charge in [-0.25, -0.2) is 9.48 Å². The number of hydrogen-bond acceptors (Lipinski definition) is 5. The van der Waals surface area contributed by atoms with Crippen molar-refractivity contribution in [3.63, 3.8) is 0 Å². The predicted molar refractivity (Wildman–Crippen MR) is 106 cm³/mol. The molecule has 3 rings (SSSR count). The highest BCUT2D eigenvalue weighted by atomic mass is 16.2. The topological polar surface area (TPSA) is 133 Å². The summed E-state index contributed by atoms with van der Waals surface area (Å²) in [5.74, 6) is -0.468. The molecule has 0 bridgehead atoms. The van der Waals surface area contributed by atoms with Crippen LogP contribution in [0.15, 0.2) is 54.7 Å². The Labute approximate surface area is 161 Å². The fourth-order valence-electron chi connectivity index (χ4n) is 2.89. The molecule has 2 amide bonds. The number of urea groups is 1. The van der Waals surface area contributed by atoms with E-state index in [0.717, 1.165) is 11.1 Å². The summed E-state index contributed by atoms with van der Waals surface area (Å²) in [7, 11) is 0. The quantitative estimate of drug-likeness (QED) is 0.567. The Morgan fingerprint density at radius 2 is 1.86 bits per heavy atom. The lowest BCUT2D eigenvalue weighted by Crippen LogP contribution is -2.22. The first-order valence-electron chi connectivity index (χ1n) is 8.51. The third kappa shape index (κ3) is 3.81. The molecule has 8 nitrogen and oxygen atoms in total. The van der Waals surface area contributed by atoms with Gasteiger partial charge in [0.15, 0.2) is 17.3 Å². The third-order valence-electron chi connectivity index (χ3n) is 4.15. The molecule has 0 aliphatic rings. The van der Waals surface area contributed by atoms with Crippen LogP contribution in [0, 0.1) is 0 Å². The Balaban J connectivity index is 2.08. The Bertz CT molecular complexity index is 1070. The molecular formula is C20H19N5O3. The molecule has 0 atom stereocenters. The number of anilines is 1. The van der Waals surface area contributed by atoms with Gasteiger partial charge in [-0.3, -0.25) is 9.59 Å². The number of rotatable bonds is 6. The first kappa shape index (κ1) is 19.0. The van der Waals surface area contributed by atoms with Crippen molar-refractivity contribution < 1.29 is 14.4 Å². The van der Waals surface area contributed by atoms with Gasteiger partial charge >= 0.3 is 6.03 Å². The van der Waals surface area contributed by atoms with Crippen molar-refractivity contribution in [2.75, 3.05) is 11.9 Å². The number of primary amides is 1. The highest BCUT2D eigenvalue weighted by Gasteiger charge is 2.18. The molecule has 8 heteroatoms. The molecule has 0 saturated carbocycles. The first-order valence-corrected chi connectivity index (χ1v) is 8.51. The lowest BCUT2D eigenvalue weighted by molar-refractivity contribution is 0.0994. The van der Waals surface area contributed by atoms with Gasteiger partial charge in [-0.2, -0.15) is 5.10 Å². The predicted octanol–water partition coefficient (Wildman–Crippen LogP) is 2.37. The van der Waals surface area contributed by atoms with E-state index in [0.29, 0.717) is 11.3 Å². The molecule has 0 unspecified atom stereocenters. The Hall–Kier alpha value is -3.78. The van der Waals surface area contributed by atoms with Crippen LogP contribution in [0.5, 0.6) is 0 Å². The van der Waals surface area contributed by atoms with E-state index in [-0.39, 0.29) is 23.7 Å². The number of nitrogens with zero attached hydrogens (tertiary/aromatic N) is 2. The minimum Gasteiger partial charge on any atom is -0.351 e. The molecule has 1 heterocycles. The van der Waals surface area contributed by atoms with Crippen molar-refractivity contribution in [3.05, 3.63) is 66.0 Å². The second-order valence-corrected chi connectivity index (χ2v) is 6.10. The van der Waals surface area contributed by atoms with Crippen molar-refractivity contribution >= 4 is 23.3 Å². The Morgan fingerprint density at radius 1 is 1.11 bits per heavy atom. The van der Waals surface area contributed by atoms with Gasteiger partial charge in [-0.1, -0.05) is 36.4 Å². The Morgan fingerprint density at radius 3 is 2.54 bits per heavy atom. The number of Topliss-reactive ketones (excluding diaryl/α,β-unsaturated/α-hetero) is 2. The fraction of sp³-hybridized carbons (Fsp3) is 0.100. The maximum Gasteiger partial charge on any atom is 0.316 e. The molecule has 0 radical (unpaired) electrons. The Kier molecular flexibility index (Phi) is 5.32. The van der Waals surface area contributed by atoms with Crippen LogP contribution in [-0.4, -0.2) is 33.9 Å². The molecule has 1 aromatic heterocycles. The van der Waals surface area contributed by atoms with E-state index in [9.17, 15) is 14.4 Å². The van der Waals surface area contributed by atoms with Crippen LogP contribution in [0.1, 0.15) is 27.8 Å². The fourth-order valence-corrected chi connectivity index (χ4v) is 2.89. The third-order valence-corrected chi connectivity index (χ3v) is 4.15. The molecule has 5 N–H and O–H groups in total. The number of aromatic nitrogens is 2. The van der Waals surface area contributed by atoms with Crippen molar-refractivity contribution in [1.82, 2.24) is 9.78 Å². The van der Waals surface area contributed by atoms with Crippen LogP contribution in [0.2, 0.25) is 0 Å². The van der Waals surface area contributed by atoms with Crippen LogP contribution in [-0.2, 0) is 0 Å². The first-order chi connectivity index (χ1) is 13.4. The molecule has 28 heavy (non-hydrogen) atoms. The normalized spacial score (nSPS) is 10.5. The molecule has 0 aliphatic heterocycles. The highest BCUT2D eigenvalue weighted by Crippen LogP contribution is 2.27. The largest absolute Gasteiger partial charge is 0.351 e. The van der Waals surface area contributed by atoms with E-state index in [4.69, 9.17) is 11.5 Å². The minimum atomic E-state index is -0.810. The van der Waals surface area contributed by atoms with Crippen LogP contribution in [0.4, 0.5) is 10.5 Å². The van der Waals surface area contributed by atoms with Crippen molar-refractivity contribution in [2.45, 2.75) is 6.92 Å². The highest BCUT2D eigenvalue weighted by molar-refractivity contribution is 6.04. The minimum absolute atomic E-state index is 0.0239. The second-order valence-electron chi connectivity index (χ2n) is 6.10. The summed E-state index contributed by atoms with van der Waals surface area (Å²) in [6.07, 6.45) is 1.49. The SMILES string of the molecule is CC(=O)c1ccccc1-c1cccc(-n2cc(NC(N)=O)c(C(=O)CN)n2)c1. The van der Waals surface area contributed by atoms with Gasteiger partial charge in [-0.15, -0.1) is 0 Å². The molecule has 2 aromatic carbocycles. The molecule has 0 saturated heterocycles. The average molecular weight is 377 g/mol. The number of hydrogen-bond donors (Lipinski definition) is 3. The van der Waals surface area contributed by atoms with E-state index in [1.165, 1.54) is 17.8 Å². The van der Waals surface area contributed by atoms with Gasteiger partial charge < -0.3 is 16.8 Å². The standard InChI is InChI=1S/C20H19N5O3/c1-12(26)15-7-2-3-8-16(15)13-5-4-6-14(9-13)25-11-17(23-20(22)28)19(24-25)18(27)10-21/h2-9,11H,10,21H2,1H3,(H3,22,23,28). The van der Waals surface area contributed by atoms with Gasteiger partial charge in [0.2, 0.25) is 0 Å². The molecule has 0 spiro atoms. The number of nitrogens with two attached hydrogens (primary N) is 2. The van der Waals surface area contributed by atoms with E-state index >= 15 is 0 Å². The lowest BCUT2D eigenvalue weighted by atomic mass is 9.97. The second kappa shape index (κ2) is 7.85. The van der Waals surface area contributed by atoms with Gasteiger partial charge in [0.05, 0.1) is 24.1 Å². The number of benzene rings is 2. The van der Waals surface area contributed by atoms with E-state index < -0.39 is 11.8 Å². The van der Waals surface area contributed by atoms with Gasteiger partial charge in [0.25, 0.3) is 0 Å². The number of carbonyl (C=O) groups is 3. The summed E-state index contributed by atoms with van der Waals surface area (Å²) in [5.41, 5.74) is 13.6. The van der Waals surface area contributed by atoms with Crippen LogP contribution in [0.3, 0.4) is 0 Å². The molecule has 0 aliphatic carbocycles. The lowest BCUT2D eigenvalue weighted by Gasteiger charge is -2.09. The average Bonchev–Trinajstić information content (AvgIpc) is 3.10.